The van der Waals surface area contributed by atoms with Gasteiger partial charge in [-0.3, -0.25) is 4.79 Å². The third kappa shape index (κ3) is 2.66. The summed E-state index contributed by atoms with van der Waals surface area (Å²) >= 11 is 0. The van der Waals surface area contributed by atoms with Crippen LogP contribution in [-0.2, 0) is 15.6 Å². The van der Waals surface area contributed by atoms with E-state index in [-0.39, 0.29) is 16.7 Å². The molecule has 1 aliphatic carbocycles. The van der Waals surface area contributed by atoms with E-state index in [2.05, 4.69) is 41.3 Å². The van der Waals surface area contributed by atoms with Crippen LogP contribution >= 0.6 is 0 Å². The van der Waals surface area contributed by atoms with Crippen LogP contribution < -0.4 is 10.5 Å². The van der Waals surface area contributed by atoms with Gasteiger partial charge in [-0.2, -0.15) is 0 Å². The van der Waals surface area contributed by atoms with Gasteiger partial charge < -0.3 is 15.4 Å². The van der Waals surface area contributed by atoms with Crippen LogP contribution in [0.25, 0.3) is 0 Å². The van der Waals surface area contributed by atoms with Crippen molar-refractivity contribution in [2.24, 2.45) is 11.7 Å². The molecule has 2 unspecified atom stereocenters. The summed E-state index contributed by atoms with van der Waals surface area (Å²) in [5.74, 6) is 1.41. The van der Waals surface area contributed by atoms with Crippen LogP contribution in [0.3, 0.4) is 0 Å². The molecule has 0 bridgehead atoms. The van der Waals surface area contributed by atoms with Crippen molar-refractivity contribution in [3.05, 3.63) is 65.7 Å². The number of piperidine rings is 1. The predicted molar refractivity (Wildman–Crippen MR) is 109 cm³/mol. The number of para-hydroxylation sites is 1. The Morgan fingerprint density at radius 2 is 1.75 bits per heavy atom. The van der Waals surface area contributed by atoms with Gasteiger partial charge in [0.05, 0.1) is 6.61 Å². The van der Waals surface area contributed by atoms with Crippen molar-refractivity contribution in [1.82, 2.24) is 4.90 Å². The monoisotopic (exact) mass is 376 g/mol. The summed E-state index contributed by atoms with van der Waals surface area (Å²) < 4.78 is 5.82. The number of carbonyl (C=O) groups is 1. The van der Waals surface area contributed by atoms with Crippen molar-refractivity contribution in [2.75, 3.05) is 26.2 Å². The van der Waals surface area contributed by atoms with E-state index in [0.717, 1.165) is 44.5 Å². The van der Waals surface area contributed by atoms with Crippen molar-refractivity contribution >= 4 is 5.91 Å². The Labute approximate surface area is 166 Å². The van der Waals surface area contributed by atoms with E-state index in [1.807, 2.05) is 18.2 Å². The van der Waals surface area contributed by atoms with Crippen molar-refractivity contribution in [3.63, 3.8) is 0 Å². The van der Waals surface area contributed by atoms with Crippen molar-refractivity contribution < 1.29 is 9.53 Å². The first-order chi connectivity index (χ1) is 13.7. The second-order valence-electron chi connectivity index (χ2n) is 8.68. The fourth-order valence-corrected chi connectivity index (χ4v) is 5.46. The Morgan fingerprint density at radius 1 is 1.04 bits per heavy atom. The molecule has 28 heavy (non-hydrogen) atoms. The molecule has 1 saturated carbocycles. The first-order valence-electron chi connectivity index (χ1n) is 10.5. The fraction of sp³-hybridized carbons (Fsp3) is 0.458. The molecule has 1 saturated heterocycles. The van der Waals surface area contributed by atoms with Gasteiger partial charge in [-0.1, -0.05) is 48.5 Å². The molecule has 2 N–H and O–H groups in total. The number of nitrogens with zero attached hydrogens (tertiary/aromatic N) is 1. The highest BCUT2D eigenvalue weighted by atomic mass is 16.5. The number of fused-ring (bicyclic) bond motifs is 2. The van der Waals surface area contributed by atoms with E-state index in [0.29, 0.717) is 19.1 Å². The van der Waals surface area contributed by atoms with E-state index < -0.39 is 0 Å². The number of rotatable bonds is 3. The van der Waals surface area contributed by atoms with Crippen LogP contribution in [-0.4, -0.2) is 37.0 Å². The molecule has 2 aromatic rings. The standard InChI is InChI=1S/C24H28N2O2/c25-17-23(18-6-2-1-3-7-18)10-13-26(14-11-23)22(27)20-16-24(20)12-15-28-21-9-5-4-8-19(21)24/h1-9,20H,10-17,25H2. The summed E-state index contributed by atoms with van der Waals surface area (Å²) in [6, 6.07) is 18.8. The van der Waals surface area contributed by atoms with E-state index in [9.17, 15) is 4.79 Å². The minimum absolute atomic E-state index is 0.00452. The van der Waals surface area contributed by atoms with Gasteiger partial charge in [-0.05, 0) is 37.3 Å². The summed E-state index contributed by atoms with van der Waals surface area (Å²) in [7, 11) is 0. The highest BCUT2D eigenvalue weighted by molar-refractivity contribution is 5.85. The molecule has 5 rings (SSSR count). The van der Waals surface area contributed by atoms with Crippen LogP contribution in [0, 0.1) is 5.92 Å². The Morgan fingerprint density at radius 3 is 2.50 bits per heavy atom. The van der Waals surface area contributed by atoms with Gasteiger partial charge in [0.15, 0.2) is 0 Å². The van der Waals surface area contributed by atoms with E-state index in [1.165, 1.54) is 11.1 Å². The molecule has 2 heterocycles. The molecule has 2 aliphatic heterocycles. The molecule has 4 nitrogen and oxygen atoms in total. The Hall–Kier alpha value is -2.33. The molecule has 2 atom stereocenters. The molecular weight excluding hydrogens is 348 g/mol. The highest BCUT2D eigenvalue weighted by Gasteiger charge is 2.62. The third-order valence-corrected chi connectivity index (χ3v) is 7.41. The van der Waals surface area contributed by atoms with E-state index in [1.54, 1.807) is 0 Å². The number of ether oxygens (including phenoxy) is 1. The smallest absolute Gasteiger partial charge is 0.226 e. The normalized spacial score (nSPS) is 27.8. The van der Waals surface area contributed by atoms with Gasteiger partial charge in [0.25, 0.3) is 0 Å². The molecule has 1 spiro atoms. The molecule has 2 fully saturated rings. The average molecular weight is 377 g/mol. The van der Waals surface area contributed by atoms with Gasteiger partial charge in [-0.25, -0.2) is 0 Å². The zero-order valence-electron chi connectivity index (χ0n) is 16.3. The zero-order chi connectivity index (χ0) is 19.2. The maximum absolute atomic E-state index is 13.3. The molecule has 146 valence electrons. The lowest BCUT2D eigenvalue weighted by atomic mass is 9.72. The molecule has 1 amide bonds. The van der Waals surface area contributed by atoms with Gasteiger partial charge in [-0.15, -0.1) is 0 Å². The van der Waals surface area contributed by atoms with Crippen LogP contribution in [0.4, 0.5) is 0 Å². The molecule has 2 aromatic carbocycles. The lowest BCUT2D eigenvalue weighted by molar-refractivity contribution is -0.134. The van der Waals surface area contributed by atoms with Gasteiger partial charge >= 0.3 is 0 Å². The van der Waals surface area contributed by atoms with E-state index >= 15 is 0 Å². The third-order valence-electron chi connectivity index (χ3n) is 7.41. The summed E-state index contributed by atoms with van der Waals surface area (Å²) in [5, 5.41) is 0. The van der Waals surface area contributed by atoms with Crippen molar-refractivity contribution in [2.45, 2.75) is 36.5 Å². The Bertz CT molecular complexity index is 873. The summed E-state index contributed by atoms with van der Waals surface area (Å²) in [6.45, 7) is 2.95. The maximum Gasteiger partial charge on any atom is 0.226 e. The number of benzene rings is 2. The van der Waals surface area contributed by atoms with Gasteiger partial charge in [0.2, 0.25) is 5.91 Å². The zero-order valence-corrected chi connectivity index (χ0v) is 16.3. The van der Waals surface area contributed by atoms with Crippen LogP contribution in [0.1, 0.15) is 36.8 Å². The lowest BCUT2D eigenvalue weighted by Gasteiger charge is -2.42. The predicted octanol–water partition coefficient (Wildman–Crippen LogP) is 3.25. The fourth-order valence-electron chi connectivity index (χ4n) is 5.46. The first kappa shape index (κ1) is 17.7. The maximum atomic E-state index is 13.3. The molecular formula is C24H28N2O2. The second-order valence-corrected chi connectivity index (χ2v) is 8.68. The average Bonchev–Trinajstić information content (AvgIpc) is 3.48. The lowest BCUT2D eigenvalue weighted by Crippen LogP contribution is -2.49. The first-order valence-corrected chi connectivity index (χ1v) is 10.5. The van der Waals surface area contributed by atoms with Crippen LogP contribution in [0.15, 0.2) is 54.6 Å². The quantitative estimate of drug-likeness (QED) is 0.895. The Balaban J connectivity index is 1.30. The van der Waals surface area contributed by atoms with Crippen molar-refractivity contribution in [1.29, 1.82) is 0 Å². The summed E-state index contributed by atoms with van der Waals surface area (Å²) in [4.78, 5) is 15.4. The number of nitrogens with two attached hydrogens (primary N) is 1. The van der Waals surface area contributed by atoms with Crippen molar-refractivity contribution in [3.8, 4) is 5.75 Å². The number of hydrogen-bond donors (Lipinski definition) is 1. The van der Waals surface area contributed by atoms with Crippen LogP contribution in [0.5, 0.6) is 5.75 Å². The topological polar surface area (TPSA) is 55.6 Å². The molecule has 0 radical (unpaired) electrons. The molecule has 4 heteroatoms. The minimum atomic E-state index is 0.00452. The summed E-state index contributed by atoms with van der Waals surface area (Å²) in [6.07, 6.45) is 3.80. The van der Waals surface area contributed by atoms with Gasteiger partial charge in [0.1, 0.15) is 5.75 Å². The largest absolute Gasteiger partial charge is 0.493 e. The van der Waals surface area contributed by atoms with E-state index in [4.69, 9.17) is 10.5 Å². The second kappa shape index (κ2) is 6.63. The number of carbonyl (C=O) groups excluding carboxylic acids is 1. The number of hydrogen-bond acceptors (Lipinski definition) is 3. The Kier molecular flexibility index (Phi) is 4.20. The SMILES string of the molecule is NCC1(c2ccccc2)CCN(C(=O)C2CC23CCOc2ccccc23)CC1. The van der Waals surface area contributed by atoms with Gasteiger partial charge in [0, 0.05) is 41.9 Å². The highest BCUT2D eigenvalue weighted by Crippen LogP contribution is 2.61. The minimum Gasteiger partial charge on any atom is -0.493 e. The number of likely N-dealkylation sites (tertiary alicyclic amines) is 1. The van der Waals surface area contributed by atoms with Crippen LogP contribution in [0.2, 0.25) is 0 Å². The molecule has 0 aromatic heterocycles. The molecule has 3 aliphatic rings. The summed E-state index contributed by atoms with van der Waals surface area (Å²) in [5.41, 5.74) is 8.77. The number of amides is 1.